The molecule has 4 aromatic carbocycles. The number of hydrogen-bond donors (Lipinski definition) is 4. The highest BCUT2D eigenvalue weighted by Gasteiger charge is 2.32. The van der Waals surface area contributed by atoms with E-state index in [-0.39, 0.29) is 29.7 Å². The Kier molecular flexibility index (Phi) is 11.6. The first-order valence-corrected chi connectivity index (χ1v) is 18.0. The van der Waals surface area contributed by atoms with E-state index in [9.17, 15) is 28.7 Å². The lowest BCUT2D eigenvalue weighted by atomic mass is 9.89. The molecule has 52 heavy (non-hydrogen) atoms. The summed E-state index contributed by atoms with van der Waals surface area (Å²) in [7, 11) is -3.81. The molecule has 0 aliphatic carbocycles. The Labute approximate surface area is 307 Å². The van der Waals surface area contributed by atoms with Crippen LogP contribution < -0.4 is 19.9 Å². The number of hydrogen-bond acceptors (Lipinski definition) is 9. The molecule has 13 heteroatoms. The van der Waals surface area contributed by atoms with Gasteiger partial charge in [-0.05, 0) is 84.0 Å². The number of nitrogens with two attached hydrogens (primary N) is 1. The van der Waals surface area contributed by atoms with E-state index in [1.165, 1.54) is 25.3 Å². The fourth-order valence-electron chi connectivity index (χ4n) is 5.59. The van der Waals surface area contributed by atoms with Crippen molar-refractivity contribution in [1.82, 2.24) is 10.3 Å². The van der Waals surface area contributed by atoms with Crippen molar-refractivity contribution in [2.45, 2.75) is 51.0 Å². The highest BCUT2D eigenvalue weighted by molar-refractivity contribution is 7.89. The van der Waals surface area contributed by atoms with Gasteiger partial charge in [0.1, 0.15) is 36.3 Å². The Bertz CT molecular complexity index is 2270. The zero-order chi connectivity index (χ0) is 37.6. The predicted octanol–water partition coefficient (Wildman–Crippen LogP) is 6.29. The van der Waals surface area contributed by atoms with Crippen LogP contribution in [0.5, 0.6) is 11.5 Å². The van der Waals surface area contributed by atoms with Gasteiger partial charge in [0.05, 0.1) is 22.1 Å². The lowest BCUT2D eigenvalue weighted by Gasteiger charge is -2.25. The molecule has 0 unspecified atom stereocenters. The number of carboxylic acids is 1. The topological polar surface area (TPSA) is 185 Å². The van der Waals surface area contributed by atoms with Crippen LogP contribution in [0.4, 0.5) is 0 Å². The number of aromatic nitrogens is 1. The van der Waals surface area contributed by atoms with Gasteiger partial charge in [-0.25, -0.2) is 13.6 Å². The molecule has 5 rings (SSSR count). The number of aliphatic hydroxyl groups excluding tert-OH is 1. The number of nitrogens with one attached hydrogen (secondary N) is 1. The Morgan fingerprint density at radius 2 is 1.58 bits per heavy atom. The molecule has 0 saturated heterocycles. The van der Waals surface area contributed by atoms with Crippen molar-refractivity contribution >= 4 is 27.6 Å². The maximum Gasteiger partial charge on any atom is 0.326 e. The van der Waals surface area contributed by atoms with Gasteiger partial charge in [-0.2, -0.15) is 5.26 Å². The molecule has 1 heterocycles. The van der Waals surface area contributed by atoms with Crippen molar-refractivity contribution < 1.29 is 32.9 Å². The highest BCUT2D eigenvalue weighted by Crippen LogP contribution is 2.37. The van der Waals surface area contributed by atoms with Gasteiger partial charge in [0.2, 0.25) is 10.0 Å². The molecule has 0 radical (unpaired) electrons. The lowest BCUT2D eigenvalue weighted by molar-refractivity contribution is -0.145. The van der Waals surface area contributed by atoms with E-state index in [0.717, 1.165) is 38.9 Å². The van der Waals surface area contributed by atoms with Gasteiger partial charge < -0.3 is 19.7 Å². The van der Waals surface area contributed by atoms with Gasteiger partial charge in [0, 0.05) is 36.1 Å². The Morgan fingerprint density at radius 3 is 2.23 bits per heavy atom. The number of rotatable bonds is 14. The van der Waals surface area contributed by atoms with Crippen molar-refractivity contribution in [2.24, 2.45) is 5.14 Å². The van der Waals surface area contributed by atoms with Crippen LogP contribution in [0.3, 0.4) is 0 Å². The highest BCUT2D eigenvalue weighted by atomic mass is 35.5. The maximum atomic E-state index is 11.8. The van der Waals surface area contributed by atoms with Crippen LogP contribution in [0.1, 0.15) is 40.3 Å². The standard InChI is InChI=1S/C39H37ClN4O7S/c1-24-29(6-4-8-33(24)34-9-5-7-32(25(34)2)28-10-12-31(13-11-28)52(42,48)49)22-51-37-16-36(50-21-27-14-26(17-41)18-43-19-27)30(15-35(37)40)20-44-39(3,23-45)38(46)47/h4-16,18-19,44-45H,20-23H2,1-3H3,(H,46,47)(H2,42,48,49)/t39-/m0/s1. The normalized spacial score (nSPS) is 12.5. The summed E-state index contributed by atoms with van der Waals surface area (Å²) in [5.41, 5.74) is 6.65. The van der Waals surface area contributed by atoms with Crippen molar-refractivity contribution in [1.29, 1.82) is 5.26 Å². The summed E-state index contributed by atoms with van der Waals surface area (Å²) in [6.07, 6.45) is 3.03. The molecule has 0 aliphatic rings. The second-order valence-electron chi connectivity index (χ2n) is 12.4. The first kappa shape index (κ1) is 38.0. The van der Waals surface area contributed by atoms with Gasteiger partial charge in [-0.1, -0.05) is 60.1 Å². The molecule has 0 fully saturated rings. The van der Waals surface area contributed by atoms with Crippen LogP contribution in [-0.4, -0.2) is 41.7 Å². The van der Waals surface area contributed by atoms with Crippen LogP contribution in [-0.2, 0) is 34.6 Å². The molecule has 11 nitrogen and oxygen atoms in total. The molecule has 5 N–H and O–H groups in total. The molecule has 0 aliphatic heterocycles. The van der Waals surface area contributed by atoms with Gasteiger partial charge in [-0.15, -0.1) is 0 Å². The van der Waals surface area contributed by atoms with Crippen LogP contribution in [0.25, 0.3) is 22.3 Å². The SMILES string of the molecule is Cc1c(COc2cc(OCc3cncc(C#N)c3)c(CN[C@@](C)(CO)C(=O)O)cc2Cl)cccc1-c1cccc(-c2ccc(S(N)(=O)=O)cc2)c1C. The second kappa shape index (κ2) is 15.9. The van der Waals surface area contributed by atoms with Gasteiger partial charge in [0.15, 0.2) is 0 Å². The second-order valence-corrected chi connectivity index (χ2v) is 14.4. The number of pyridine rings is 1. The zero-order valence-electron chi connectivity index (χ0n) is 28.7. The van der Waals surface area contributed by atoms with Gasteiger partial charge >= 0.3 is 5.97 Å². The summed E-state index contributed by atoms with van der Waals surface area (Å²) in [4.78, 5) is 15.9. The summed E-state index contributed by atoms with van der Waals surface area (Å²) in [6, 6.07) is 25.3. The number of primary sulfonamides is 1. The number of ether oxygens (including phenoxy) is 2. The zero-order valence-corrected chi connectivity index (χ0v) is 30.3. The van der Waals surface area contributed by atoms with E-state index in [0.29, 0.717) is 28.2 Å². The van der Waals surface area contributed by atoms with Crippen LogP contribution in [0.15, 0.2) is 96.2 Å². The number of nitrogens with zero attached hydrogens (tertiary/aromatic N) is 2. The number of aliphatic carboxylic acids is 1. The number of carboxylic acid groups (broad SMARTS) is 1. The molecule has 5 aromatic rings. The van der Waals surface area contributed by atoms with Crippen molar-refractivity contribution in [3.05, 3.63) is 130 Å². The summed E-state index contributed by atoms with van der Waals surface area (Å²) < 4.78 is 35.9. The van der Waals surface area contributed by atoms with Crippen LogP contribution >= 0.6 is 11.6 Å². The average molecular weight is 741 g/mol. The Hall–Kier alpha value is -5.29. The quantitative estimate of drug-likeness (QED) is 0.101. The minimum absolute atomic E-state index is 0.00497. The number of carbonyl (C=O) groups is 1. The Morgan fingerprint density at radius 1 is 0.923 bits per heavy atom. The summed E-state index contributed by atoms with van der Waals surface area (Å²) >= 11 is 6.71. The number of benzene rings is 4. The molecule has 0 saturated carbocycles. The molecule has 0 amide bonds. The van der Waals surface area contributed by atoms with E-state index in [4.69, 9.17) is 26.2 Å². The number of halogens is 1. The minimum Gasteiger partial charge on any atom is -0.488 e. The molecule has 1 atom stereocenters. The monoisotopic (exact) mass is 740 g/mol. The van der Waals surface area contributed by atoms with E-state index in [1.54, 1.807) is 36.5 Å². The Balaban J connectivity index is 1.42. The first-order chi connectivity index (χ1) is 24.7. The molecule has 1 aromatic heterocycles. The van der Waals surface area contributed by atoms with Crippen molar-refractivity contribution in [3.8, 4) is 39.8 Å². The summed E-state index contributed by atoms with van der Waals surface area (Å²) in [6.45, 7) is 4.99. The lowest BCUT2D eigenvalue weighted by Crippen LogP contribution is -2.52. The van der Waals surface area contributed by atoms with E-state index in [1.807, 2.05) is 50.2 Å². The van der Waals surface area contributed by atoms with Crippen LogP contribution in [0.2, 0.25) is 5.02 Å². The molecular weight excluding hydrogens is 704 g/mol. The maximum absolute atomic E-state index is 11.8. The number of sulfonamides is 1. The molecule has 0 spiro atoms. The first-order valence-electron chi connectivity index (χ1n) is 16.1. The third-order valence-electron chi connectivity index (χ3n) is 8.84. The predicted molar refractivity (Wildman–Crippen MR) is 197 cm³/mol. The number of nitriles is 1. The third kappa shape index (κ3) is 8.59. The average Bonchev–Trinajstić information content (AvgIpc) is 3.13. The van der Waals surface area contributed by atoms with Gasteiger partial charge in [-0.3, -0.25) is 15.1 Å². The van der Waals surface area contributed by atoms with Gasteiger partial charge in [0.25, 0.3) is 0 Å². The molecule has 268 valence electrons. The van der Waals surface area contributed by atoms with Crippen molar-refractivity contribution in [3.63, 3.8) is 0 Å². The summed E-state index contributed by atoms with van der Waals surface area (Å²) in [5, 5.41) is 37.1. The van der Waals surface area contributed by atoms with Crippen LogP contribution in [0, 0.1) is 25.2 Å². The largest absolute Gasteiger partial charge is 0.488 e. The molecule has 0 bridgehead atoms. The fourth-order valence-corrected chi connectivity index (χ4v) is 6.34. The van der Waals surface area contributed by atoms with E-state index >= 15 is 0 Å². The van der Waals surface area contributed by atoms with E-state index in [2.05, 4.69) is 16.4 Å². The van der Waals surface area contributed by atoms with Crippen molar-refractivity contribution in [2.75, 3.05) is 6.61 Å². The fraction of sp³-hybridized carbons (Fsp3) is 0.205. The minimum atomic E-state index is -3.81. The molecular formula is C39H37ClN4O7S. The third-order valence-corrected chi connectivity index (χ3v) is 10.1. The smallest absolute Gasteiger partial charge is 0.326 e. The summed E-state index contributed by atoms with van der Waals surface area (Å²) in [5.74, 6) is -0.533. The number of aliphatic hydroxyl groups is 1. The van der Waals surface area contributed by atoms with E-state index < -0.39 is 28.1 Å².